The van der Waals surface area contributed by atoms with Gasteiger partial charge in [-0.1, -0.05) is 60.7 Å². The number of hydrogen-bond acceptors (Lipinski definition) is 1. The number of anilines is 1. The van der Waals surface area contributed by atoms with E-state index in [1.54, 1.807) is 16.7 Å². The Morgan fingerprint density at radius 1 is 0.654 bits per heavy atom. The summed E-state index contributed by atoms with van der Waals surface area (Å²) in [5.74, 6) is 0.730. The molecule has 0 bridgehead atoms. The molecule has 5 rings (SSSR count). The van der Waals surface area contributed by atoms with Crippen LogP contribution in [0.2, 0.25) is 0 Å². The molecule has 0 saturated carbocycles. The highest BCUT2D eigenvalue weighted by Gasteiger charge is 2.32. The summed E-state index contributed by atoms with van der Waals surface area (Å²) in [6.07, 6.45) is 7.60. The summed E-state index contributed by atoms with van der Waals surface area (Å²) >= 11 is 0. The first-order chi connectivity index (χ1) is 12.8. The molecule has 1 nitrogen and oxygen atoms in total. The van der Waals surface area contributed by atoms with Crippen molar-refractivity contribution in [1.82, 2.24) is 0 Å². The average molecular weight is 339 g/mol. The van der Waals surface area contributed by atoms with Gasteiger partial charge in [-0.25, -0.2) is 0 Å². The van der Waals surface area contributed by atoms with Crippen molar-refractivity contribution in [3.63, 3.8) is 0 Å². The van der Waals surface area contributed by atoms with Crippen molar-refractivity contribution >= 4 is 5.69 Å². The number of nitrogens with two attached hydrogens (primary N) is 1. The molecule has 130 valence electrons. The number of nitrogen functional groups attached to an aromatic ring is 1. The molecule has 1 heteroatoms. The largest absolute Gasteiger partial charge is 0.398 e. The zero-order valence-electron chi connectivity index (χ0n) is 15.2. The molecule has 0 unspecified atom stereocenters. The van der Waals surface area contributed by atoms with Crippen molar-refractivity contribution in [2.24, 2.45) is 0 Å². The second-order valence-corrected chi connectivity index (χ2v) is 7.75. The third-order valence-electron chi connectivity index (χ3n) is 6.28. The molecule has 0 spiro atoms. The summed E-state index contributed by atoms with van der Waals surface area (Å²) in [6.45, 7) is 0. The smallest absolute Gasteiger partial charge is 0.0479 e. The Kier molecular flexibility index (Phi) is 3.81. The molecule has 2 aliphatic rings. The van der Waals surface area contributed by atoms with Crippen LogP contribution in [0.15, 0.2) is 60.7 Å². The van der Waals surface area contributed by atoms with E-state index in [4.69, 9.17) is 5.73 Å². The Hall–Kier alpha value is -2.54. The van der Waals surface area contributed by atoms with Gasteiger partial charge in [-0.15, -0.1) is 0 Å². The highest BCUT2D eigenvalue weighted by atomic mass is 14.6. The van der Waals surface area contributed by atoms with E-state index in [9.17, 15) is 0 Å². The minimum atomic E-state index is 0.730. The molecule has 0 saturated heterocycles. The minimum Gasteiger partial charge on any atom is -0.398 e. The van der Waals surface area contributed by atoms with Gasteiger partial charge < -0.3 is 5.73 Å². The lowest BCUT2D eigenvalue weighted by Crippen LogP contribution is -2.20. The van der Waals surface area contributed by atoms with Gasteiger partial charge in [0.2, 0.25) is 0 Å². The first-order valence-electron chi connectivity index (χ1n) is 9.92. The maximum atomic E-state index is 6.92. The van der Waals surface area contributed by atoms with Crippen LogP contribution in [0.4, 0.5) is 5.69 Å². The zero-order valence-corrected chi connectivity index (χ0v) is 15.2. The first-order valence-corrected chi connectivity index (χ1v) is 9.92. The third kappa shape index (κ3) is 2.38. The van der Waals surface area contributed by atoms with E-state index in [0.717, 1.165) is 11.6 Å². The van der Waals surface area contributed by atoms with Crippen molar-refractivity contribution in [3.05, 3.63) is 77.4 Å². The van der Waals surface area contributed by atoms with Crippen LogP contribution in [0, 0.1) is 0 Å². The van der Waals surface area contributed by atoms with E-state index in [1.807, 2.05) is 0 Å². The Morgan fingerprint density at radius 2 is 1.12 bits per heavy atom. The Bertz CT molecular complexity index is 866. The lowest BCUT2D eigenvalue weighted by Gasteiger charge is -2.36. The Labute approximate surface area is 155 Å². The Balaban J connectivity index is 1.88. The first kappa shape index (κ1) is 15.7. The van der Waals surface area contributed by atoms with Crippen LogP contribution in [0.3, 0.4) is 0 Å². The molecule has 0 heterocycles. The van der Waals surface area contributed by atoms with Crippen LogP contribution in [-0.2, 0) is 12.8 Å². The lowest BCUT2D eigenvalue weighted by atomic mass is 9.69. The van der Waals surface area contributed by atoms with E-state index in [-0.39, 0.29) is 0 Å². The van der Waals surface area contributed by atoms with Crippen molar-refractivity contribution in [2.75, 3.05) is 5.73 Å². The fourth-order valence-electron chi connectivity index (χ4n) is 5.27. The van der Waals surface area contributed by atoms with Gasteiger partial charge >= 0.3 is 0 Å². The maximum Gasteiger partial charge on any atom is 0.0479 e. The molecule has 0 aromatic heterocycles. The van der Waals surface area contributed by atoms with Crippen LogP contribution < -0.4 is 5.73 Å². The van der Waals surface area contributed by atoms with Gasteiger partial charge in [0, 0.05) is 16.8 Å². The van der Waals surface area contributed by atoms with Crippen LogP contribution in [0.5, 0.6) is 0 Å². The summed E-state index contributed by atoms with van der Waals surface area (Å²) in [5.41, 5.74) is 17.8. The summed E-state index contributed by atoms with van der Waals surface area (Å²) in [5, 5.41) is 0. The van der Waals surface area contributed by atoms with Crippen molar-refractivity contribution in [2.45, 2.75) is 44.4 Å². The van der Waals surface area contributed by atoms with E-state index in [1.165, 1.54) is 60.8 Å². The normalized spacial score (nSPS) is 16.3. The average Bonchev–Trinajstić information content (AvgIpc) is 2.70. The molecule has 0 atom stereocenters. The summed E-state index contributed by atoms with van der Waals surface area (Å²) < 4.78 is 0. The standard InChI is InChI=1S/C25H25N/c26-25-23(18-9-3-1-4-10-18)20-15-7-13-17-14-8-16-21(22(17)20)24(25)19-11-5-2-6-12-19/h1-6,9-12,17H,7-8,13-16,26H2. The molecule has 0 fully saturated rings. The van der Waals surface area contributed by atoms with Gasteiger partial charge in [0.1, 0.15) is 0 Å². The van der Waals surface area contributed by atoms with Gasteiger partial charge in [-0.2, -0.15) is 0 Å². The molecule has 2 N–H and O–H groups in total. The van der Waals surface area contributed by atoms with Crippen molar-refractivity contribution in [1.29, 1.82) is 0 Å². The van der Waals surface area contributed by atoms with Gasteiger partial charge in [0.15, 0.2) is 0 Å². The van der Waals surface area contributed by atoms with Gasteiger partial charge in [-0.05, 0) is 72.3 Å². The molecular formula is C25H25N. The molecule has 26 heavy (non-hydrogen) atoms. The maximum absolute atomic E-state index is 6.92. The predicted molar refractivity (Wildman–Crippen MR) is 110 cm³/mol. The second-order valence-electron chi connectivity index (χ2n) is 7.75. The monoisotopic (exact) mass is 339 g/mol. The van der Waals surface area contributed by atoms with Gasteiger partial charge in [0.05, 0.1) is 0 Å². The predicted octanol–water partition coefficient (Wildman–Crippen LogP) is 6.36. The summed E-state index contributed by atoms with van der Waals surface area (Å²) in [4.78, 5) is 0. The summed E-state index contributed by atoms with van der Waals surface area (Å²) in [7, 11) is 0. The molecule has 3 aromatic carbocycles. The van der Waals surface area contributed by atoms with Crippen LogP contribution in [0.1, 0.15) is 48.3 Å². The SMILES string of the molecule is Nc1c(-c2ccccc2)c2c3c(c1-c1ccccc1)CCCC3CCC2. The molecule has 3 aromatic rings. The van der Waals surface area contributed by atoms with Crippen LogP contribution in [0.25, 0.3) is 22.3 Å². The molecule has 2 aliphatic carbocycles. The summed E-state index contributed by atoms with van der Waals surface area (Å²) in [6, 6.07) is 21.6. The van der Waals surface area contributed by atoms with Crippen molar-refractivity contribution < 1.29 is 0 Å². The van der Waals surface area contributed by atoms with Crippen LogP contribution in [-0.4, -0.2) is 0 Å². The van der Waals surface area contributed by atoms with E-state index in [0.29, 0.717) is 0 Å². The molecule has 0 aliphatic heterocycles. The van der Waals surface area contributed by atoms with Gasteiger partial charge in [-0.3, -0.25) is 0 Å². The quantitative estimate of drug-likeness (QED) is 0.540. The fraction of sp³-hybridized carbons (Fsp3) is 0.280. The minimum absolute atomic E-state index is 0.730. The fourth-order valence-corrected chi connectivity index (χ4v) is 5.27. The third-order valence-corrected chi connectivity index (χ3v) is 6.28. The van der Waals surface area contributed by atoms with Gasteiger partial charge in [0.25, 0.3) is 0 Å². The van der Waals surface area contributed by atoms with Crippen LogP contribution >= 0.6 is 0 Å². The Morgan fingerprint density at radius 3 is 1.58 bits per heavy atom. The number of hydrogen-bond donors (Lipinski definition) is 1. The molecule has 0 amide bonds. The highest BCUT2D eigenvalue weighted by Crippen LogP contribution is 2.51. The molecular weight excluding hydrogens is 314 g/mol. The number of rotatable bonds is 2. The number of benzene rings is 3. The van der Waals surface area contributed by atoms with E-state index in [2.05, 4.69) is 60.7 Å². The molecule has 0 radical (unpaired) electrons. The van der Waals surface area contributed by atoms with Crippen molar-refractivity contribution in [3.8, 4) is 22.3 Å². The topological polar surface area (TPSA) is 26.0 Å². The lowest BCUT2D eigenvalue weighted by molar-refractivity contribution is 0.478. The zero-order chi connectivity index (χ0) is 17.5. The second kappa shape index (κ2) is 6.32. The van der Waals surface area contributed by atoms with E-state index >= 15 is 0 Å². The highest BCUT2D eigenvalue weighted by molar-refractivity contribution is 5.94. The van der Waals surface area contributed by atoms with E-state index < -0.39 is 0 Å².